The standard InChI is InChI=1S/C16H17NO6/c1-5-6-23-8-9-12(16(20)22-4)13-10(18)7-11(21-3)15(19)14(13)17(9)2/h5,7H,1,6,8H2,2-4H3. The Kier molecular flexibility index (Phi) is 4.80. The largest absolute Gasteiger partial charge is 0.492 e. The quantitative estimate of drug-likeness (QED) is 0.448. The van der Waals surface area contributed by atoms with Crippen molar-refractivity contribution in [3.63, 3.8) is 0 Å². The number of rotatable bonds is 6. The highest BCUT2D eigenvalue weighted by Gasteiger charge is 2.37. The lowest BCUT2D eigenvalue weighted by atomic mass is 9.96. The van der Waals surface area contributed by atoms with Gasteiger partial charge in [0.2, 0.25) is 5.78 Å². The molecule has 1 aliphatic carbocycles. The Morgan fingerprint density at radius 3 is 2.61 bits per heavy atom. The molecule has 0 aliphatic heterocycles. The van der Waals surface area contributed by atoms with Gasteiger partial charge in [-0.1, -0.05) is 6.08 Å². The molecule has 0 N–H and O–H groups in total. The fourth-order valence-electron chi connectivity index (χ4n) is 2.49. The Bertz CT molecular complexity index is 725. The van der Waals surface area contributed by atoms with Crippen LogP contribution >= 0.6 is 0 Å². The minimum absolute atomic E-state index is 0.0161. The van der Waals surface area contributed by atoms with Crippen molar-refractivity contribution in [1.29, 1.82) is 0 Å². The number of carbonyl (C=O) groups excluding carboxylic acids is 3. The molecule has 0 aromatic carbocycles. The van der Waals surface area contributed by atoms with Gasteiger partial charge in [0.1, 0.15) is 5.69 Å². The Balaban J connectivity index is 2.65. The van der Waals surface area contributed by atoms with Crippen LogP contribution in [-0.2, 0) is 27.9 Å². The van der Waals surface area contributed by atoms with Crippen LogP contribution in [0.2, 0.25) is 0 Å². The molecule has 1 aromatic heterocycles. The van der Waals surface area contributed by atoms with Crippen LogP contribution in [-0.4, -0.2) is 42.9 Å². The highest BCUT2D eigenvalue weighted by Crippen LogP contribution is 2.30. The van der Waals surface area contributed by atoms with E-state index in [-0.39, 0.29) is 35.8 Å². The summed E-state index contributed by atoms with van der Waals surface area (Å²) in [6, 6.07) is 0. The number of methoxy groups -OCH3 is 2. The summed E-state index contributed by atoms with van der Waals surface area (Å²) < 4.78 is 16.5. The number of hydrogen-bond donors (Lipinski definition) is 0. The molecule has 0 unspecified atom stereocenters. The molecular formula is C16H17NO6. The van der Waals surface area contributed by atoms with Crippen LogP contribution in [0.5, 0.6) is 0 Å². The third-order valence-electron chi connectivity index (χ3n) is 3.55. The third kappa shape index (κ3) is 2.70. The zero-order valence-corrected chi connectivity index (χ0v) is 13.2. The first kappa shape index (κ1) is 16.7. The Labute approximate surface area is 133 Å². The molecule has 0 amide bonds. The van der Waals surface area contributed by atoms with Crippen molar-refractivity contribution in [3.05, 3.63) is 47.0 Å². The highest BCUT2D eigenvalue weighted by atomic mass is 16.5. The number of ketones is 2. The summed E-state index contributed by atoms with van der Waals surface area (Å²) in [6.45, 7) is 3.84. The minimum atomic E-state index is -0.700. The fourth-order valence-corrected chi connectivity index (χ4v) is 2.49. The van der Waals surface area contributed by atoms with Gasteiger partial charge in [0, 0.05) is 13.1 Å². The van der Waals surface area contributed by atoms with Crippen LogP contribution in [0.3, 0.4) is 0 Å². The van der Waals surface area contributed by atoms with Crippen molar-refractivity contribution >= 4 is 17.5 Å². The number of carbonyl (C=O) groups is 3. The summed E-state index contributed by atoms with van der Waals surface area (Å²) in [5.74, 6) is -1.72. The van der Waals surface area contributed by atoms with Crippen LogP contribution < -0.4 is 0 Å². The molecule has 0 atom stereocenters. The summed E-state index contributed by atoms with van der Waals surface area (Å²) in [4.78, 5) is 36.9. The van der Waals surface area contributed by atoms with Crippen molar-refractivity contribution in [2.45, 2.75) is 6.61 Å². The zero-order chi connectivity index (χ0) is 17.1. The van der Waals surface area contributed by atoms with E-state index in [9.17, 15) is 14.4 Å². The topological polar surface area (TPSA) is 83.8 Å². The van der Waals surface area contributed by atoms with E-state index in [1.165, 1.54) is 18.8 Å². The summed E-state index contributed by atoms with van der Waals surface area (Å²) in [5.41, 5.74) is 0.532. The third-order valence-corrected chi connectivity index (χ3v) is 3.55. The second kappa shape index (κ2) is 6.62. The first-order valence-electron chi connectivity index (χ1n) is 6.81. The van der Waals surface area contributed by atoms with Crippen molar-refractivity contribution in [2.24, 2.45) is 7.05 Å². The van der Waals surface area contributed by atoms with Gasteiger partial charge in [-0.05, 0) is 0 Å². The minimum Gasteiger partial charge on any atom is -0.492 e. The monoisotopic (exact) mass is 319 g/mol. The molecule has 0 saturated carbocycles. The van der Waals surface area contributed by atoms with E-state index in [4.69, 9.17) is 14.2 Å². The van der Waals surface area contributed by atoms with Crippen molar-refractivity contribution in [3.8, 4) is 0 Å². The number of Topliss-reactive ketones (excluding diaryl/α,β-unsaturated/α-hetero) is 1. The Hall–Kier alpha value is -2.67. The predicted molar refractivity (Wildman–Crippen MR) is 80.4 cm³/mol. The molecule has 0 bridgehead atoms. The number of esters is 1. The van der Waals surface area contributed by atoms with E-state index in [2.05, 4.69) is 6.58 Å². The summed E-state index contributed by atoms with van der Waals surface area (Å²) in [7, 11) is 4.10. The molecule has 0 spiro atoms. The molecule has 2 rings (SSSR count). The number of nitrogens with zero attached hydrogens (tertiary/aromatic N) is 1. The van der Waals surface area contributed by atoms with Gasteiger partial charge in [-0.2, -0.15) is 0 Å². The number of hydrogen-bond acceptors (Lipinski definition) is 6. The van der Waals surface area contributed by atoms with Gasteiger partial charge in [-0.3, -0.25) is 9.59 Å². The van der Waals surface area contributed by atoms with E-state index in [0.717, 1.165) is 6.08 Å². The Morgan fingerprint density at radius 2 is 2.04 bits per heavy atom. The summed E-state index contributed by atoms with van der Waals surface area (Å²) in [6.07, 6.45) is 2.63. The first-order valence-corrected chi connectivity index (χ1v) is 6.81. The van der Waals surface area contributed by atoms with Gasteiger partial charge in [0.15, 0.2) is 11.5 Å². The smallest absolute Gasteiger partial charge is 0.340 e. The van der Waals surface area contributed by atoms with Crippen LogP contribution in [0.15, 0.2) is 24.5 Å². The van der Waals surface area contributed by atoms with Crippen LogP contribution in [0, 0.1) is 0 Å². The number of ether oxygens (including phenoxy) is 3. The normalized spacial score (nSPS) is 13.4. The van der Waals surface area contributed by atoms with Crippen molar-refractivity contribution in [2.75, 3.05) is 20.8 Å². The summed E-state index contributed by atoms with van der Waals surface area (Å²) >= 11 is 0. The molecule has 7 heteroatoms. The van der Waals surface area contributed by atoms with Gasteiger partial charge in [0.25, 0.3) is 0 Å². The van der Waals surface area contributed by atoms with E-state index in [0.29, 0.717) is 5.69 Å². The molecule has 0 radical (unpaired) electrons. The van der Waals surface area contributed by atoms with Gasteiger partial charge in [-0.25, -0.2) is 4.79 Å². The molecular weight excluding hydrogens is 302 g/mol. The van der Waals surface area contributed by atoms with Gasteiger partial charge in [-0.15, -0.1) is 6.58 Å². The fraction of sp³-hybridized carbons (Fsp3) is 0.312. The maximum absolute atomic E-state index is 12.4. The van der Waals surface area contributed by atoms with Crippen LogP contribution in [0.4, 0.5) is 0 Å². The SMILES string of the molecule is C=CCOCc1c(C(=O)OC)c2c(n1C)C(=O)C(OC)=CC2=O. The number of allylic oxidation sites excluding steroid dienone is 2. The van der Waals surface area contributed by atoms with Crippen molar-refractivity contribution in [1.82, 2.24) is 4.57 Å². The van der Waals surface area contributed by atoms with E-state index in [1.54, 1.807) is 13.1 Å². The lowest BCUT2D eigenvalue weighted by Gasteiger charge is -2.13. The maximum Gasteiger partial charge on any atom is 0.340 e. The van der Waals surface area contributed by atoms with E-state index in [1.807, 2.05) is 0 Å². The maximum atomic E-state index is 12.4. The van der Waals surface area contributed by atoms with Gasteiger partial charge < -0.3 is 18.8 Å². The van der Waals surface area contributed by atoms with Gasteiger partial charge >= 0.3 is 5.97 Å². The molecule has 122 valence electrons. The lowest BCUT2D eigenvalue weighted by Crippen LogP contribution is -2.21. The molecule has 1 aromatic rings. The molecule has 1 heterocycles. The van der Waals surface area contributed by atoms with Crippen LogP contribution in [0.1, 0.15) is 36.9 Å². The molecule has 0 fully saturated rings. The van der Waals surface area contributed by atoms with Crippen LogP contribution in [0.25, 0.3) is 0 Å². The first-order chi connectivity index (χ1) is 11.0. The average Bonchev–Trinajstić information content (AvgIpc) is 2.84. The van der Waals surface area contributed by atoms with Crippen molar-refractivity contribution < 1.29 is 28.6 Å². The van der Waals surface area contributed by atoms with E-state index >= 15 is 0 Å². The highest BCUT2D eigenvalue weighted by molar-refractivity contribution is 6.26. The second-order valence-electron chi connectivity index (χ2n) is 4.81. The molecule has 7 nitrogen and oxygen atoms in total. The molecule has 0 saturated heterocycles. The van der Waals surface area contributed by atoms with E-state index < -0.39 is 17.5 Å². The van der Waals surface area contributed by atoms with Gasteiger partial charge in [0.05, 0.1) is 44.3 Å². The predicted octanol–water partition coefficient (Wildman–Crippen LogP) is 1.42. The zero-order valence-electron chi connectivity index (χ0n) is 13.2. The average molecular weight is 319 g/mol. The lowest BCUT2D eigenvalue weighted by molar-refractivity contribution is 0.0590. The number of fused-ring (bicyclic) bond motifs is 1. The number of aromatic nitrogens is 1. The molecule has 1 aliphatic rings. The Morgan fingerprint density at radius 1 is 1.35 bits per heavy atom. The second-order valence-corrected chi connectivity index (χ2v) is 4.81. The summed E-state index contributed by atoms with van der Waals surface area (Å²) in [5, 5.41) is 0. The molecule has 23 heavy (non-hydrogen) atoms.